The molecule has 0 fully saturated rings. The van der Waals surface area contributed by atoms with Gasteiger partial charge in [-0.15, -0.1) is 0 Å². The number of hydrogen-bond donors (Lipinski definition) is 0. The molecule has 25 heavy (non-hydrogen) atoms. The van der Waals surface area contributed by atoms with Crippen molar-refractivity contribution in [3.05, 3.63) is 53.6 Å². The molecule has 2 aromatic carbocycles. The van der Waals surface area contributed by atoms with Crippen LogP contribution in [0.5, 0.6) is 11.5 Å². The predicted octanol–water partition coefficient (Wildman–Crippen LogP) is 4.41. The first-order valence-corrected chi connectivity index (χ1v) is 8.20. The summed E-state index contributed by atoms with van der Waals surface area (Å²) in [5, 5.41) is 0. The van der Waals surface area contributed by atoms with Crippen LogP contribution in [-0.4, -0.2) is 32.0 Å². The molecule has 0 saturated heterocycles. The van der Waals surface area contributed by atoms with Gasteiger partial charge in [0, 0.05) is 11.8 Å². The fourth-order valence-electron chi connectivity index (χ4n) is 2.23. The Kier molecular flexibility index (Phi) is 6.57. The zero-order chi connectivity index (χ0) is 18.2. The molecule has 5 heteroatoms. The fraction of sp³-hybridized carbons (Fsp3) is 0.300. The monoisotopic (exact) mass is 341 g/mol. The van der Waals surface area contributed by atoms with Gasteiger partial charge in [-0.3, -0.25) is 4.99 Å². The van der Waals surface area contributed by atoms with Crippen LogP contribution in [-0.2, 0) is 4.74 Å². The van der Waals surface area contributed by atoms with Gasteiger partial charge < -0.3 is 14.2 Å². The van der Waals surface area contributed by atoms with Gasteiger partial charge in [0.1, 0.15) is 0 Å². The third-order valence-electron chi connectivity index (χ3n) is 3.29. The van der Waals surface area contributed by atoms with E-state index in [4.69, 9.17) is 14.2 Å². The van der Waals surface area contributed by atoms with Gasteiger partial charge in [-0.1, -0.05) is 12.1 Å². The maximum atomic E-state index is 11.8. The van der Waals surface area contributed by atoms with E-state index < -0.39 is 0 Å². The summed E-state index contributed by atoms with van der Waals surface area (Å²) in [6.45, 7) is 6.03. The molecular formula is C20H23NO4. The Morgan fingerprint density at radius 3 is 2.64 bits per heavy atom. The fourth-order valence-corrected chi connectivity index (χ4v) is 2.23. The number of carbonyl (C=O) groups is 1. The minimum Gasteiger partial charge on any atom is -0.493 e. The molecule has 0 atom stereocenters. The summed E-state index contributed by atoms with van der Waals surface area (Å²) >= 11 is 0. The molecular weight excluding hydrogens is 318 g/mol. The van der Waals surface area contributed by atoms with Crippen molar-refractivity contribution in [2.45, 2.75) is 26.9 Å². The lowest BCUT2D eigenvalue weighted by Crippen LogP contribution is -2.08. The number of rotatable bonds is 7. The first-order chi connectivity index (χ1) is 12.0. The molecule has 0 aliphatic carbocycles. The van der Waals surface area contributed by atoms with Crippen LogP contribution in [0, 0.1) is 0 Å². The normalized spacial score (nSPS) is 10.9. The molecule has 0 aliphatic heterocycles. The molecule has 2 rings (SSSR count). The van der Waals surface area contributed by atoms with Crippen LogP contribution in [0.2, 0.25) is 0 Å². The van der Waals surface area contributed by atoms with Crippen LogP contribution in [0.15, 0.2) is 47.5 Å². The summed E-state index contributed by atoms with van der Waals surface area (Å²) in [6, 6.07) is 12.6. The second-order valence-corrected chi connectivity index (χ2v) is 5.57. The Labute approximate surface area is 148 Å². The molecule has 0 spiro atoms. The summed E-state index contributed by atoms with van der Waals surface area (Å²) in [4.78, 5) is 16.3. The standard InChI is InChI=1S/C20H23NO4/c1-5-24-20(22)15-8-6-10-17(12-15)21-13-16-9-7-11-18(23-4)19(16)25-14(2)3/h6-14H,5H2,1-4H3. The summed E-state index contributed by atoms with van der Waals surface area (Å²) in [6.07, 6.45) is 1.71. The van der Waals surface area contributed by atoms with E-state index >= 15 is 0 Å². The van der Waals surface area contributed by atoms with Gasteiger partial charge in [0.2, 0.25) is 0 Å². The molecule has 5 nitrogen and oxygen atoms in total. The highest BCUT2D eigenvalue weighted by atomic mass is 16.5. The average molecular weight is 341 g/mol. The van der Waals surface area contributed by atoms with Gasteiger partial charge >= 0.3 is 5.97 Å². The molecule has 0 N–H and O–H groups in total. The number of aliphatic imine (C=N–C) groups is 1. The van der Waals surface area contributed by atoms with Gasteiger partial charge in [0.05, 0.1) is 31.1 Å². The van der Waals surface area contributed by atoms with Crippen molar-refractivity contribution in [2.24, 2.45) is 4.99 Å². The van der Waals surface area contributed by atoms with Gasteiger partial charge in [-0.05, 0) is 51.1 Å². The van der Waals surface area contributed by atoms with Crippen molar-refractivity contribution in [1.29, 1.82) is 0 Å². The second kappa shape index (κ2) is 8.87. The average Bonchev–Trinajstić information content (AvgIpc) is 2.60. The number of benzene rings is 2. The van der Waals surface area contributed by atoms with Crippen molar-refractivity contribution in [1.82, 2.24) is 0 Å². The SMILES string of the molecule is CCOC(=O)c1cccc(N=Cc2cccc(OC)c2OC(C)C)c1. The Balaban J connectivity index is 2.30. The Morgan fingerprint density at radius 2 is 1.96 bits per heavy atom. The van der Waals surface area contributed by atoms with E-state index in [-0.39, 0.29) is 12.1 Å². The van der Waals surface area contributed by atoms with Crippen LogP contribution in [0.4, 0.5) is 5.69 Å². The van der Waals surface area contributed by atoms with Crippen molar-refractivity contribution in [2.75, 3.05) is 13.7 Å². The second-order valence-electron chi connectivity index (χ2n) is 5.57. The summed E-state index contributed by atoms with van der Waals surface area (Å²) < 4.78 is 16.2. The van der Waals surface area contributed by atoms with E-state index in [1.54, 1.807) is 38.4 Å². The molecule has 0 amide bonds. The first-order valence-electron chi connectivity index (χ1n) is 8.20. The Bertz CT molecular complexity index is 753. The molecule has 132 valence electrons. The number of hydrogen-bond acceptors (Lipinski definition) is 5. The van der Waals surface area contributed by atoms with E-state index in [1.807, 2.05) is 38.1 Å². The highest BCUT2D eigenvalue weighted by Gasteiger charge is 2.11. The minimum atomic E-state index is -0.357. The maximum Gasteiger partial charge on any atom is 0.338 e. The topological polar surface area (TPSA) is 57.1 Å². The van der Waals surface area contributed by atoms with Crippen molar-refractivity contribution < 1.29 is 19.0 Å². The summed E-state index contributed by atoms with van der Waals surface area (Å²) in [5.41, 5.74) is 1.93. The number of nitrogens with zero attached hydrogens (tertiary/aromatic N) is 1. The van der Waals surface area contributed by atoms with Crippen LogP contribution in [0.3, 0.4) is 0 Å². The third-order valence-corrected chi connectivity index (χ3v) is 3.29. The number of esters is 1. The highest BCUT2D eigenvalue weighted by molar-refractivity contribution is 5.91. The molecule has 0 heterocycles. The van der Waals surface area contributed by atoms with Crippen LogP contribution >= 0.6 is 0 Å². The number of carbonyl (C=O) groups excluding carboxylic acids is 1. The lowest BCUT2D eigenvalue weighted by Gasteiger charge is -2.15. The van der Waals surface area contributed by atoms with Crippen molar-refractivity contribution in [3.8, 4) is 11.5 Å². The molecule has 0 aliphatic rings. The summed E-state index contributed by atoms with van der Waals surface area (Å²) in [5.74, 6) is 0.938. The highest BCUT2D eigenvalue weighted by Crippen LogP contribution is 2.31. The zero-order valence-corrected chi connectivity index (χ0v) is 15.0. The van der Waals surface area contributed by atoms with Crippen LogP contribution < -0.4 is 9.47 Å². The molecule has 2 aromatic rings. The lowest BCUT2D eigenvalue weighted by molar-refractivity contribution is 0.0526. The Hall–Kier alpha value is -2.82. The van der Waals surface area contributed by atoms with E-state index in [9.17, 15) is 4.79 Å². The van der Waals surface area contributed by atoms with E-state index in [2.05, 4.69) is 4.99 Å². The van der Waals surface area contributed by atoms with Gasteiger partial charge in [0.25, 0.3) is 0 Å². The van der Waals surface area contributed by atoms with Crippen LogP contribution in [0.25, 0.3) is 0 Å². The lowest BCUT2D eigenvalue weighted by atomic mass is 10.2. The molecule has 0 saturated carbocycles. The quantitative estimate of drug-likeness (QED) is 0.553. The zero-order valence-electron chi connectivity index (χ0n) is 15.0. The van der Waals surface area contributed by atoms with Crippen molar-refractivity contribution >= 4 is 17.9 Å². The van der Waals surface area contributed by atoms with E-state index in [1.165, 1.54) is 0 Å². The third kappa shape index (κ3) is 5.08. The first kappa shape index (κ1) is 18.5. The number of para-hydroxylation sites is 1. The predicted molar refractivity (Wildman–Crippen MR) is 98.4 cm³/mol. The smallest absolute Gasteiger partial charge is 0.338 e. The summed E-state index contributed by atoms with van der Waals surface area (Å²) in [7, 11) is 1.60. The van der Waals surface area contributed by atoms with E-state index in [0.717, 1.165) is 5.56 Å². The van der Waals surface area contributed by atoms with Crippen molar-refractivity contribution in [3.63, 3.8) is 0 Å². The molecule has 0 unspecified atom stereocenters. The minimum absolute atomic E-state index is 0.00981. The maximum absolute atomic E-state index is 11.8. The Morgan fingerprint density at radius 1 is 1.20 bits per heavy atom. The molecule has 0 aromatic heterocycles. The molecule has 0 radical (unpaired) electrons. The molecule has 0 bridgehead atoms. The van der Waals surface area contributed by atoms with Gasteiger partial charge in [-0.2, -0.15) is 0 Å². The van der Waals surface area contributed by atoms with E-state index in [0.29, 0.717) is 29.4 Å². The van der Waals surface area contributed by atoms with Crippen LogP contribution in [0.1, 0.15) is 36.7 Å². The number of methoxy groups -OCH3 is 1. The largest absolute Gasteiger partial charge is 0.493 e. The number of ether oxygens (including phenoxy) is 3. The van der Waals surface area contributed by atoms with Gasteiger partial charge in [0.15, 0.2) is 11.5 Å². The van der Waals surface area contributed by atoms with Gasteiger partial charge in [-0.25, -0.2) is 4.79 Å².